The molecular weight excluding hydrogens is 396 g/mol. The van der Waals surface area contributed by atoms with E-state index in [1.165, 1.54) is 6.07 Å². The quantitative estimate of drug-likeness (QED) is 0.447. The van der Waals surface area contributed by atoms with Crippen molar-refractivity contribution < 1.29 is 4.39 Å². The monoisotopic (exact) mass is 415 g/mol. The molecule has 0 atom stereocenters. The van der Waals surface area contributed by atoms with Crippen LogP contribution in [0, 0.1) is 5.82 Å². The van der Waals surface area contributed by atoms with Gasteiger partial charge >= 0.3 is 0 Å². The molecule has 0 radical (unpaired) electrons. The minimum Gasteiger partial charge on any atom is -0.356 e. The summed E-state index contributed by atoms with van der Waals surface area (Å²) in [7, 11) is 1.67. The highest BCUT2D eigenvalue weighted by molar-refractivity contribution is 14.0. The molecule has 7 heteroatoms. The molecule has 2 aromatic rings. The van der Waals surface area contributed by atoms with Gasteiger partial charge in [0, 0.05) is 38.1 Å². The summed E-state index contributed by atoms with van der Waals surface area (Å²) in [5.74, 6) is 0.282. The second-order valence-electron chi connectivity index (χ2n) is 4.36. The first-order valence-electron chi connectivity index (χ1n) is 6.73. The molecule has 5 nitrogen and oxygen atoms in total. The molecular formula is C15H19FIN5. The first-order valence-corrected chi connectivity index (χ1v) is 6.73. The molecule has 0 fully saturated rings. The van der Waals surface area contributed by atoms with Crippen molar-refractivity contribution in [2.45, 2.75) is 13.0 Å². The van der Waals surface area contributed by atoms with Crippen LogP contribution in [-0.4, -0.2) is 29.5 Å². The molecule has 22 heavy (non-hydrogen) atoms. The van der Waals surface area contributed by atoms with Gasteiger partial charge in [-0.15, -0.1) is 24.0 Å². The third-order valence-electron chi connectivity index (χ3n) is 2.88. The first-order chi connectivity index (χ1) is 10.3. The zero-order chi connectivity index (χ0) is 14.9. The number of pyridine rings is 2. The zero-order valence-electron chi connectivity index (χ0n) is 12.3. The van der Waals surface area contributed by atoms with Crippen molar-refractivity contribution in [3.05, 3.63) is 59.9 Å². The first kappa shape index (κ1) is 18.3. The Balaban J connectivity index is 0.00000242. The van der Waals surface area contributed by atoms with E-state index >= 15 is 0 Å². The Kier molecular flexibility index (Phi) is 8.34. The van der Waals surface area contributed by atoms with E-state index in [1.807, 2.05) is 18.2 Å². The van der Waals surface area contributed by atoms with Crippen molar-refractivity contribution in [2.24, 2.45) is 4.99 Å². The highest BCUT2D eigenvalue weighted by Crippen LogP contribution is 2.01. The van der Waals surface area contributed by atoms with Gasteiger partial charge in [-0.05, 0) is 24.3 Å². The second-order valence-corrected chi connectivity index (χ2v) is 4.36. The van der Waals surface area contributed by atoms with Gasteiger partial charge in [-0.1, -0.05) is 6.07 Å². The standard InChI is InChI=1S/C15H18FN5.HI/c1-17-15(20-10-7-12-5-2-3-8-18-12)21-11-14-13(16)6-4-9-19-14;/h2-6,8-9H,7,10-11H2,1H3,(H2,17,20,21);1H. The van der Waals surface area contributed by atoms with E-state index in [9.17, 15) is 4.39 Å². The van der Waals surface area contributed by atoms with E-state index in [2.05, 4.69) is 25.6 Å². The number of aromatic nitrogens is 2. The fourth-order valence-corrected chi connectivity index (χ4v) is 1.79. The summed E-state index contributed by atoms with van der Waals surface area (Å²) in [5, 5.41) is 6.19. The maximum Gasteiger partial charge on any atom is 0.191 e. The molecule has 2 N–H and O–H groups in total. The number of hydrogen-bond acceptors (Lipinski definition) is 3. The van der Waals surface area contributed by atoms with E-state index in [0.717, 1.165) is 12.1 Å². The van der Waals surface area contributed by atoms with E-state index in [-0.39, 0.29) is 36.3 Å². The lowest BCUT2D eigenvalue weighted by Gasteiger charge is -2.11. The molecule has 0 saturated heterocycles. The number of aliphatic imine (C=N–C) groups is 1. The van der Waals surface area contributed by atoms with E-state index in [4.69, 9.17) is 0 Å². The summed E-state index contributed by atoms with van der Waals surface area (Å²) in [4.78, 5) is 12.3. The maximum absolute atomic E-state index is 13.4. The number of nitrogens with one attached hydrogen (secondary N) is 2. The van der Waals surface area contributed by atoms with Crippen LogP contribution in [-0.2, 0) is 13.0 Å². The van der Waals surface area contributed by atoms with Crippen LogP contribution in [0.2, 0.25) is 0 Å². The Labute approximate surface area is 146 Å². The largest absolute Gasteiger partial charge is 0.356 e. The van der Waals surface area contributed by atoms with Crippen molar-refractivity contribution in [3.63, 3.8) is 0 Å². The molecule has 0 amide bonds. The molecule has 0 spiro atoms. The van der Waals surface area contributed by atoms with Crippen molar-refractivity contribution in [1.82, 2.24) is 20.6 Å². The number of hydrogen-bond donors (Lipinski definition) is 2. The third-order valence-corrected chi connectivity index (χ3v) is 2.88. The van der Waals surface area contributed by atoms with Crippen LogP contribution in [0.1, 0.15) is 11.4 Å². The van der Waals surface area contributed by atoms with Crippen molar-refractivity contribution >= 4 is 29.9 Å². The highest BCUT2D eigenvalue weighted by atomic mass is 127. The molecule has 118 valence electrons. The van der Waals surface area contributed by atoms with Crippen LogP contribution in [0.15, 0.2) is 47.7 Å². The average Bonchev–Trinajstić information content (AvgIpc) is 2.53. The van der Waals surface area contributed by atoms with E-state index < -0.39 is 0 Å². The van der Waals surface area contributed by atoms with Gasteiger partial charge in [0.05, 0.1) is 12.2 Å². The molecule has 0 bridgehead atoms. The Hall–Kier alpha value is -1.77. The molecule has 2 heterocycles. The minimum absolute atomic E-state index is 0. The van der Waals surface area contributed by atoms with Gasteiger partial charge in [0.15, 0.2) is 5.96 Å². The van der Waals surface area contributed by atoms with Crippen LogP contribution >= 0.6 is 24.0 Å². The molecule has 0 unspecified atom stereocenters. The van der Waals surface area contributed by atoms with Crippen LogP contribution in [0.25, 0.3) is 0 Å². The van der Waals surface area contributed by atoms with Crippen molar-refractivity contribution in [3.8, 4) is 0 Å². The fraction of sp³-hybridized carbons (Fsp3) is 0.267. The van der Waals surface area contributed by atoms with Crippen LogP contribution in [0.4, 0.5) is 4.39 Å². The lowest BCUT2D eigenvalue weighted by atomic mass is 10.3. The van der Waals surface area contributed by atoms with Gasteiger partial charge in [-0.3, -0.25) is 15.0 Å². The second kappa shape index (κ2) is 10.0. The van der Waals surface area contributed by atoms with Gasteiger partial charge in [-0.25, -0.2) is 4.39 Å². The summed E-state index contributed by atoms with van der Waals surface area (Å²) in [6.07, 6.45) is 4.13. The fourth-order valence-electron chi connectivity index (χ4n) is 1.79. The van der Waals surface area contributed by atoms with Crippen LogP contribution in [0.3, 0.4) is 0 Å². The normalized spacial score (nSPS) is 10.7. The van der Waals surface area contributed by atoms with Crippen LogP contribution in [0.5, 0.6) is 0 Å². The maximum atomic E-state index is 13.4. The third kappa shape index (κ3) is 5.92. The lowest BCUT2D eigenvalue weighted by molar-refractivity contribution is 0.592. The Morgan fingerprint density at radius 3 is 2.64 bits per heavy atom. The molecule has 0 aliphatic rings. The summed E-state index contributed by atoms with van der Waals surface area (Å²) in [6.45, 7) is 0.983. The Bertz CT molecular complexity index is 591. The molecule has 0 saturated carbocycles. The van der Waals surface area contributed by atoms with E-state index in [1.54, 1.807) is 25.5 Å². The topological polar surface area (TPSA) is 62.2 Å². The highest BCUT2D eigenvalue weighted by Gasteiger charge is 2.03. The van der Waals surface area contributed by atoms with E-state index in [0.29, 0.717) is 18.2 Å². The molecule has 0 aliphatic heterocycles. The Morgan fingerprint density at radius 1 is 1.14 bits per heavy atom. The minimum atomic E-state index is -0.325. The van der Waals surface area contributed by atoms with Gasteiger partial charge in [0.25, 0.3) is 0 Å². The van der Waals surface area contributed by atoms with Gasteiger partial charge < -0.3 is 10.6 Å². The lowest BCUT2D eigenvalue weighted by Crippen LogP contribution is -2.38. The zero-order valence-corrected chi connectivity index (χ0v) is 14.6. The van der Waals surface area contributed by atoms with Crippen LogP contribution < -0.4 is 10.6 Å². The van der Waals surface area contributed by atoms with Crippen molar-refractivity contribution in [2.75, 3.05) is 13.6 Å². The van der Waals surface area contributed by atoms with Gasteiger partial charge in [0.1, 0.15) is 5.82 Å². The Morgan fingerprint density at radius 2 is 1.95 bits per heavy atom. The molecule has 2 rings (SSSR count). The summed E-state index contributed by atoms with van der Waals surface area (Å²) < 4.78 is 13.4. The summed E-state index contributed by atoms with van der Waals surface area (Å²) in [6, 6.07) is 8.78. The number of nitrogens with zero attached hydrogens (tertiary/aromatic N) is 3. The van der Waals surface area contributed by atoms with Crippen molar-refractivity contribution in [1.29, 1.82) is 0 Å². The predicted molar refractivity (Wildman–Crippen MR) is 95.8 cm³/mol. The average molecular weight is 415 g/mol. The number of rotatable bonds is 5. The summed E-state index contributed by atoms with van der Waals surface area (Å²) in [5.41, 5.74) is 1.38. The molecule has 0 aromatic carbocycles. The number of guanidine groups is 1. The SMILES string of the molecule is CN=C(NCCc1ccccn1)NCc1ncccc1F.I. The molecule has 2 aromatic heterocycles. The predicted octanol–water partition coefficient (Wildman–Crippen LogP) is 2.14. The number of halogens is 2. The van der Waals surface area contributed by atoms with Gasteiger partial charge in [0.2, 0.25) is 0 Å². The smallest absolute Gasteiger partial charge is 0.191 e. The molecule has 0 aliphatic carbocycles. The summed E-state index contributed by atoms with van der Waals surface area (Å²) >= 11 is 0. The van der Waals surface area contributed by atoms with Gasteiger partial charge in [-0.2, -0.15) is 0 Å².